The van der Waals surface area contributed by atoms with Crippen LogP contribution in [0.15, 0.2) is 18.2 Å². The Bertz CT molecular complexity index is 536. The zero-order valence-corrected chi connectivity index (χ0v) is 13.0. The van der Waals surface area contributed by atoms with Gasteiger partial charge in [-0.05, 0) is 31.4 Å². The van der Waals surface area contributed by atoms with Gasteiger partial charge in [-0.25, -0.2) is 0 Å². The number of benzene rings is 1. The second kappa shape index (κ2) is 9.52. The van der Waals surface area contributed by atoms with E-state index in [2.05, 4.69) is 5.32 Å². The van der Waals surface area contributed by atoms with E-state index in [1.54, 1.807) is 18.2 Å². The summed E-state index contributed by atoms with van der Waals surface area (Å²) in [7, 11) is 0. The standard InChI is InChI=1S/C15H24N4O4/c16-11-4-3-10(9-13(11)18)23-8-2-1-7-19-14(20)6-5-12(17)15(21)22/h3-4,9,12H,1-2,5-8,16-18H2,(H,19,20)(H,21,22)/t12-/m0/s1. The molecule has 0 spiro atoms. The molecule has 0 aromatic heterocycles. The lowest BCUT2D eigenvalue weighted by atomic mass is 10.1. The van der Waals surface area contributed by atoms with E-state index in [1.165, 1.54) is 0 Å². The molecule has 8 nitrogen and oxygen atoms in total. The molecule has 8 heteroatoms. The highest BCUT2D eigenvalue weighted by Gasteiger charge is 2.12. The number of nitrogen functional groups attached to an aromatic ring is 2. The summed E-state index contributed by atoms with van der Waals surface area (Å²) in [5.41, 5.74) is 17.6. The van der Waals surface area contributed by atoms with Crippen LogP contribution in [0.25, 0.3) is 0 Å². The number of hydrogen-bond donors (Lipinski definition) is 5. The summed E-state index contributed by atoms with van der Waals surface area (Å²) in [4.78, 5) is 22.0. The number of carboxylic acids is 1. The fourth-order valence-corrected chi connectivity index (χ4v) is 1.79. The Morgan fingerprint density at radius 3 is 2.61 bits per heavy atom. The van der Waals surface area contributed by atoms with Crippen LogP contribution in [0.3, 0.4) is 0 Å². The number of anilines is 2. The summed E-state index contributed by atoms with van der Waals surface area (Å²) in [6, 6.07) is 4.11. The Morgan fingerprint density at radius 2 is 1.96 bits per heavy atom. The number of rotatable bonds is 10. The first-order valence-electron chi connectivity index (χ1n) is 7.43. The lowest BCUT2D eigenvalue weighted by Gasteiger charge is -2.09. The van der Waals surface area contributed by atoms with Crippen molar-refractivity contribution < 1.29 is 19.4 Å². The van der Waals surface area contributed by atoms with Gasteiger partial charge >= 0.3 is 5.97 Å². The molecule has 0 aliphatic heterocycles. The minimum atomic E-state index is -1.10. The maximum atomic E-state index is 11.5. The fraction of sp³-hybridized carbons (Fsp3) is 0.467. The molecule has 128 valence electrons. The van der Waals surface area contributed by atoms with Gasteiger partial charge in [0, 0.05) is 19.0 Å². The maximum absolute atomic E-state index is 11.5. The second-order valence-electron chi connectivity index (χ2n) is 5.18. The van der Waals surface area contributed by atoms with Crippen molar-refractivity contribution in [1.29, 1.82) is 0 Å². The highest BCUT2D eigenvalue weighted by Crippen LogP contribution is 2.21. The van der Waals surface area contributed by atoms with Crippen LogP contribution in [0.4, 0.5) is 11.4 Å². The molecular weight excluding hydrogens is 300 g/mol. The lowest BCUT2D eigenvalue weighted by Crippen LogP contribution is -2.33. The Balaban J connectivity index is 2.07. The Labute approximate surface area is 135 Å². The number of hydrogen-bond acceptors (Lipinski definition) is 6. The first-order chi connectivity index (χ1) is 10.9. The first kappa shape index (κ1) is 18.6. The number of carbonyl (C=O) groups excluding carboxylic acids is 1. The van der Waals surface area contributed by atoms with Crippen LogP contribution in [-0.2, 0) is 9.59 Å². The van der Waals surface area contributed by atoms with Crippen LogP contribution < -0.4 is 27.3 Å². The molecule has 1 aromatic rings. The Hall–Kier alpha value is -2.48. The van der Waals surface area contributed by atoms with E-state index < -0.39 is 12.0 Å². The molecule has 1 amide bonds. The maximum Gasteiger partial charge on any atom is 0.320 e. The number of amides is 1. The van der Waals surface area contributed by atoms with Gasteiger partial charge in [-0.2, -0.15) is 0 Å². The van der Waals surface area contributed by atoms with E-state index in [9.17, 15) is 9.59 Å². The van der Waals surface area contributed by atoms with Crippen LogP contribution in [0.1, 0.15) is 25.7 Å². The molecule has 23 heavy (non-hydrogen) atoms. The molecule has 0 fully saturated rings. The quantitative estimate of drug-likeness (QED) is 0.307. The third-order valence-electron chi connectivity index (χ3n) is 3.22. The smallest absolute Gasteiger partial charge is 0.320 e. The van der Waals surface area contributed by atoms with Crippen LogP contribution in [-0.4, -0.2) is 36.2 Å². The van der Waals surface area contributed by atoms with Gasteiger partial charge in [0.15, 0.2) is 0 Å². The van der Waals surface area contributed by atoms with Gasteiger partial charge in [0.05, 0.1) is 18.0 Å². The van der Waals surface area contributed by atoms with E-state index in [1.807, 2.05) is 0 Å². The van der Waals surface area contributed by atoms with Gasteiger partial charge in [-0.15, -0.1) is 0 Å². The van der Waals surface area contributed by atoms with Crippen molar-refractivity contribution in [1.82, 2.24) is 5.32 Å². The fourth-order valence-electron chi connectivity index (χ4n) is 1.79. The molecule has 0 aliphatic carbocycles. The van der Waals surface area contributed by atoms with E-state index in [0.29, 0.717) is 30.3 Å². The second-order valence-corrected chi connectivity index (χ2v) is 5.18. The number of nitrogens with one attached hydrogen (secondary N) is 1. The Kier molecular flexibility index (Phi) is 7.69. The summed E-state index contributed by atoms with van der Waals surface area (Å²) in [5.74, 6) is -0.643. The molecule has 1 rings (SSSR count). The minimum absolute atomic E-state index is 0.106. The van der Waals surface area contributed by atoms with Crippen molar-refractivity contribution in [2.45, 2.75) is 31.7 Å². The molecule has 0 unspecified atom stereocenters. The number of unbranched alkanes of at least 4 members (excludes halogenated alkanes) is 1. The predicted octanol–water partition coefficient (Wildman–Crippen LogP) is 0.318. The van der Waals surface area contributed by atoms with Crippen molar-refractivity contribution in [2.24, 2.45) is 5.73 Å². The number of nitrogens with two attached hydrogens (primary N) is 3. The average Bonchev–Trinajstić information content (AvgIpc) is 2.51. The third-order valence-corrected chi connectivity index (χ3v) is 3.22. The zero-order valence-electron chi connectivity index (χ0n) is 13.0. The van der Waals surface area contributed by atoms with Gasteiger partial charge in [0.2, 0.25) is 5.91 Å². The molecule has 0 saturated carbocycles. The molecule has 0 aliphatic rings. The van der Waals surface area contributed by atoms with E-state index in [-0.39, 0.29) is 18.7 Å². The summed E-state index contributed by atoms with van der Waals surface area (Å²) in [6.07, 6.45) is 1.75. The van der Waals surface area contributed by atoms with Gasteiger partial charge in [-0.1, -0.05) is 0 Å². The summed E-state index contributed by atoms with van der Waals surface area (Å²) < 4.78 is 5.52. The molecule has 0 heterocycles. The average molecular weight is 324 g/mol. The molecular formula is C15H24N4O4. The normalized spacial score (nSPS) is 11.7. The number of carboxylic acid groups (broad SMARTS) is 1. The zero-order chi connectivity index (χ0) is 17.2. The number of aliphatic carboxylic acids is 1. The molecule has 1 atom stereocenters. The van der Waals surface area contributed by atoms with Crippen molar-refractivity contribution in [3.63, 3.8) is 0 Å². The summed E-state index contributed by atoms with van der Waals surface area (Å²) in [6.45, 7) is 1.01. The lowest BCUT2D eigenvalue weighted by molar-refractivity contribution is -0.138. The van der Waals surface area contributed by atoms with E-state index >= 15 is 0 Å². The SMILES string of the molecule is Nc1ccc(OCCCCNC(=O)CC[C@H](N)C(=O)O)cc1N. The minimum Gasteiger partial charge on any atom is -0.494 e. The largest absolute Gasteiger partial charge is 0.494 e. The molecule has 1 aromatic carbocycles. The van der Waals surface area contributed by atoms with Crippen LogP contribution in [0.5, 0.6) is 5.75 Å². The summed E-state index contributed by atoms with van der Waals surface area (Å²) >= 11 is 0. The third kappa shape index (κ3) is 7.37. The van der Waals surface area contributed by atoms with Crippen LogP contribution >= 0.6 is 0 Å². The van der Waals surface area contributed by atoms with E-state index in [4.69, 9.17) is 27.0 Å². The predicted molar refractivity (Wildman–Crippen MR) is 87.9 cm³/mol. The first-order valence-corrected chi connectivity index (χ1v) is 7.43. The number of carbonyl (C=O) groups is 2. The highest BCUT2D eigenvalue weighted by atomic mass is 16.5. The molecule has 0 bridgehead atoms. The highest BCUT2D eigenvalue weighted by molar-refractivity contribution is 5.78. The number of ether oxygens (including phenoxy) is 1. The molecule has 0 saturated heterocycles. The van der Waals surface area contributed by atoms with Crippen LogP contribution in [0, 0.1) is 0 Å². The monoisotopic (exact) mass is 324 g/mol. The van der Waals surface area contributed by atoms with Gasteiger partial charge in [-0.3, -0.25) is 9.59 Å². The van der Waals surface area contributed by atoms with Crippen molar-refractivity contribution >= 4 is 23.3 Å². The van der Waals surface area contributed by atoms with Gasteiger partial charge < -0.3 is 32.4 Å². The van der Waals surface area contributed by atoms with Crippen molar-refractivity contribution in [2.75, 3.05) is 24.6 Å². The molecule has 0 radical (unpaired) electrons. The van der Waals surface area contributed by atoms with Gasteiger partial charge in [0.1, 0.15) is 11.8 Å². The topological polar surface area (TPSA) is 154 Å². The molecule has 8 N–H and O–H groups in total. The Morgan fingerprint density at radius 1 is 1.22 bits per heavy atom. The summed E-state index contributed by atoms with van der Waals surface area (Å²) in [5, 5.41) is 11.3. The van der Waals surface area contributed by atoms with E-state index in [0.717, 1.165) is 12.8 Å². The van der Waals surface area contributed by atoms with Crippen LogP contribution in [0.2, 0.25) is 0 Å². The van der Waals surface area contributed by atoms with Gasteiger partial charge in [0.25, 0.3) is 0 Å². The van der Waals surface area contributed by atoms with Crippen molar-refractivity contribution in [3.05, 3.63) is 18.2 Å². The van der Waals surface area contributed by atoms with Crippen molar-refractivity contribution in [3.8, 4) is 5.75 Å².